The van der Waals surface area contributed by atoms with E-state index in [1.165, 1.54) is 0 Å². The van der Waals surface area contributed by atoms with E-state index in [1.54, 1.807) is 0 Å². The Kier molecular flexibility index (Phi) is 5.63. The van der Waals surface area contributed by atoms with Crippen molar-refractivity contribution in [1.82, 2.24) is 5.32 Å². The summed E-state index contributed by atoms with van der Waals surface area (Å²) in [6.07, 6.45) is 4.41. The van der Waals surface area contributed by atoms with Crippen molar-refractivity contribution in [2.24, 2.45) is 17.8 Å². The molecule has 4 heteroatoms. The predicted molar refractivity (Wildman–Crippen MR) is 70.1 cm³/mol. The first-order valence-corrected chi connectivity index (χ1v) is 6.93. The summed E-state index contributed by atoms with van der Waals surface area (Å²) in [5, 5.41) is 11.8. The van der Waals surface area contributed by atoms with Crippen LogP contribution in [0.2, 0.25) is 0 Å². The first-order valence-electron chi connectivity index (χ1n) is 6.93. The molecule has 1 aliphatic rings. The molecule has 104 valence electrons. The second-order valence-electron chi connectivity index (χ2n) is 5.99. The van der Waals surface area contributed by atoms with Gasteiger partial charge < -0.3 is 10.4 Å². The summed E-state index contributed by atoms with van der Waals surface area (Å²) in [5.74, 6) is -0.0378. The number of aliphatic carboxylic acids is 1. The van der Waals surface area contributed by atoms with Gasteiger partial charge in [-0.05, 0) is 43.9 Å². The Morgan fingerprint density at radius 2 is 1.78 bits per heavy atom. The van der Waals surface area contributed by atoms with Crippen LogP contribution in [0.1, 0.15) is 52.9 Å². The largest absolute Gasteiger partial charge is 0.480 e. The molecule has 1 saturated carbocycles. The van der Waals surface area contributed by atoms with Crippen molar-refractivity contribution in [2.75, 3.05) is 0 Å². The number of carbonyl (C=O) groups excluding carboxylic acids is 1. The third-order valence-corrected chi connectivity index (χ3v) is 3.71. The molecule has 0 aromatic heterocycles. The molecule has 0 unspecified atom stereocenters. The summed E-state index contributed by atoms with van der Waals surface area (Å²) in [6.45, 7) is 6.13. The lowest BCUT2D eigenvalue weighted by Crippen LogP contribution is -2.44. The lowest BCUT2D eigenvalue weighted by atomic mass is 9.82. The molecule has 2 N–H and O–H groups in total. The van der Waals surface area contributed by atoms with E-state index in [4.69, 9.17) is 5.11 Å². The molecule has 0 heterocycles. The minimum atomic E-state index is -0.929. The van der Waals surface area contributed by atoms with Gasteiger partial charge in [0.05, 0.1) is 0 Å². The summed E-state index contributed by atoms with van der Waals surface area (Å²) in [4.78, 5) is 23.1. The van der Waals surface area contributed by atoms with E-state index in [0.717, 1.165) is 25.7 Å². The quantitative estimate of drug-likeness (QED) is 0.793. The Morgan fingerprint density at radius 3 is 2.22 bits per heavy atom. The molecule has 1 amide bonds. The fourth-order valence-corrected chi connectivity index (χ4v) is 2.50. The Bertz CT molecular complexity index is 293. The topological polar surface area (TPSA) is 66.4 Å². The van der Waals surface area contributed by atoms with Crippen LogP contribution in [0.4, 0.5) is 0 Å². The molecular formula is C14H25NO3. The van der Waals surface area contributed by atoms with Gasteiger partial charge in [-0.1, -0.05) is 20.8 Å². The van der Waals surface area contributed by atoms with Crippen molar-refractivity contribution in [3.05, 3.63) is 0 Å². The molecule has 4 nitrogen and oxygen atoms in total. The van der Waals surface area contributed by atoms with E-state index >= 15 is 0 Å². The molecular weight excluding hydrogens is 230 g/mol. The van der Waals surface area contributed by atoms with Crippen LogP contribution in [0.3, 0.4) is 0 Å². The van der Waals surface area contributed by atoms with Crippen molar-refractivity contribution < 1.29 is 14.7 Å². The summed E-state index contributed by atoms with van der Waals surface area (Å²) in [5.41, 5.74) is 0. The molecule has 0 aromatic carbocycles. The maximum atomic E-state index is 12.0. The summed E-state index contributed by atoms with van der Waals surface area (Å²) >= 11 is 0. The van der Waals surface area contributed by atoms with Crippen LogP contribution in [0.25, 0.3) is 0 Å². The number of hydrogen-bond acceptors (Lipinski definition) is 2. The average Bonchev–Trinajstić information content (AvgIpc) is 2.28. The Morgan fingerprint density at radius 1 is 1.22 bits per heavy atom. The summed E-state index contributed by atoms with van der Waals surface area (Å²) in [6, 6.07) is -0.739. The molecule has 18 heavy (non-hydrogen) atoms. The lowest BCUT2D eigenvalue weighted by molar-refractivity contribution is -0.143. The van der Waals surface area contributed by atoms with Gasteiger partial charge in [0, 0.05) is 5.92 Å². The smallest absolute Gasteiger partial charge is 0.326 e. The highest BCUT2D eigenvalue weighted by atomic mass is 16.4. The zero-order valence-electron chi connectivity index (χ0n) is 11.6. The second-order valence-corrected chi connectivity index (χ2v) is 5.99. The monoisotopic (exact) mass is 255 g/mol. The van der Waals surface area contributed by atoms with Crippen LogP contribution in [-0.2, 0) is 9.59 Å². The van der Waals surface area contributed by atoms with E-state index in [9.17, 15) is 9.59 Å². The van der Waals surface area contributed by atoms with Gasteiger partial charge in [-0.25, -0.2) is 4.79 Å². The summed E-state index contributed by atoms with van der Waals surface area (Å²) in [7, 11) is 0. The molecule has 0 radical (unpaired) electrons. The lowest BCUT2D eigenvalue weighted by Gasteiger charge is -2.27. The molecule has 1 aliphatic carbocycles. The van der Waals surface area contributed by atoms with Gasteiger partial charge in [0.25, 0.3) is 0 Å². The SMILES string of the molecule is CC(C)C[C@H](NC(=O)C1CCC(C)CC1)C(=O)O. The van der Waals surface area contributed by atoms with E-state index in [1.807, 2.05) is 13.8 Å². The Labute approximate surface area is 109 Å². The second kappa shape index (κ2) is 6.76. The number of carboxylic acid groups (broad SMARTS) is 1. The van der Waals surface area contributed by atoms with E-state index in [0.29, 0.717) is 12.3 Å². The van der Waals surface area contributed by atoms with Gasteiger partial charge in [-0.2, -0.15) is 0 Å². The standard InChI is InChI=1S/C14H25NO3/c1-9(2)8-12(14(17)18)15-13(16)11-6-4-10(3)5-7-11/h9-12H,4-8H2,1-3H3,(H,15,16)(H,17,18)/t10?,11?,12-/m0/s1. The minimum Gasteiger partial charge on any atom is -0.480 e. The zero-order chi connectivity index (χ0) is 13.7. The van der Waals surface area contributed by atoms with Crippen molar-refractivity contribution in [2.45, 2.75) is 58.9 Å². The predicted octanol–water partition coefficient (Wildman–Crippen LogP) is 2.43. The molecule has 1 fully saturated rings. The number of nitrogens with one attached hydrogen (secondary N) is 1. The fraction of sp³-hybridized carbons (Fsp3) is 0.857. The first kappa shape index (κ1) is 15.0. The highest BCUT2D eigenvalue weighted by Gasteiger charge is 2.28. The number of carboxylic acids is 1. The van der Waals surface area contributed by atoms with Gasteiger partial charge in [0.2, 0.25) is 5.91 Å². The first-order chi connectivity index (χ1) is 8.40. The number of carbonyl (C=O) groups is 2. The van der Waals surface area contributed by atoms with Crippen LogP contribution >= 0.6 is 0 Å². The third kappa shape index (κ3) is 4.67. The molecule has 0 saturated heterocycles. The highest BCUT2D eigenvalue weighted by Crippen LogP contribution is 2.28. The Hall–Kier alpha value is -1.06. The minimum absolute atomic E-state index is 0.00946. The normalized spacial score (nSPS) is 25.8. The molecule has 1 atom stereocenters. The maximum absolute atomic E-state index is 12.0. The molecule has 0 spiro atoms. The fourth-order valence-electron chi connectivity index (χ4n) is 2.50. The van der Waals surface area contributed by atoms with Crippen molar-refractivity contribution in [1.29, 1.82) is 0 Å². The zero-order valence-corrected chi connectivity index (χ0v) is 11.6. The number of rotatable bonds is 5. The maximum Gasteiger partial charge on any atom is 0.326 e. The van der Waals surface area contributed by atoms with Crippen LogP contribution in [0.15, 0.2) is 0 Å². The van der Waals surface area contributed by atoms with E-state index in [-0.39, 0.29) is 17.7 Å². The van der Waals surface area contributed by atoms with Crippen molar-refractivity contribution >= 4 is 11.9 Å². The van der Waals surface area contributed by atoms with Crippen LogP contribution < -0.4 is 5.32 Å². The van der Waals surface area contributed by atoms with Gasteiger partial charge in [-0.3, -0.25) is 4.79 Å². The van der Waals surface area contributed by atoms with Gasteiger partial charge in [-0.15, -0.1) is 0 Å². The third-order valence-electron chi connectivity index (χ3n) is 3.71. The molecule has 1 rings (SSSR count). The Balaban J connectivity index is 2.48. The van der Waals surface area contributed by atoms with Crippen molar-refractivity contribution in [3.63, 3.8) is 0 Å². The number of amides is 1. The number of hydrogen-bond donors (Lipinski definition) is 2. The van der Waals surface area contributed by atoms with Gasteiger partial charge in [0.15, 0.2) is 0 Å². The van der Waals surface area contributed by atoms with E-state index < -0.39 is 12.0 Å². The highest BCUT2D eigenvalue weighted by molar-refractivity contribution is 5.85. The van der Waals surface area contributed by atoms with E-state index in [2.05, 4.69) is 12.2 Å². The molecule has 0 bridgehead atoms. The van der Waals surface area contributed by atoms with Gasteiger partial charge >= 0.3 is 5.97 Å². The van der Waals surface area contributed by atoms with Crippen LogP contribution in [-0.4, -0.2) is 23.0 Å². The molecule has 0 aromatic rings. The summed E-state index contributed by atoms with van der Waals surface area (Å²) < 4.78 is 0. The van der Waals surface area contributed by atoms with Crippen LogP contribution in [0, 0.1) is 17.8 Å². The molecule has 0 aliphatic heterocycles. The van der Waals surface area contributed by atoms with Crippen LogP contribution in [0.5, 0.6) is 0 Å². The van der Waals surface area contributed by atoms with Crippen molar-refractivity contribution in [3.8, 4) is 0 Å². The average molecular weight is 255 g/mol. The van der Waals surface area contributed by atoms with Gasteiger partial charge in [0.1, 0.15) is 6.04 Å².